The molecule has 2 rings (SSSR count). The summed E-state index contributed by atoms with van der Waals surface area (Å²) in [6, 6.07) is 10.2. The lowest BCUT2D eigenvalue weighted by Crippen LogP contribution is -2.48. The molecule has 4 nitrogen and oxygen atoms in total. The van der Waals surface area contributed by atoms with Crippen LogP contribution in [0.2, 0.25) is 0 Å². The summed E-state index contributed by atoms with van der Waals surface area (Å²) in [5.41, 5.74) is 1.24. The summed E-state index contributed by atoms with van der Waals surface area (Å²) in [6.07, 6.45) is -0.346. The lowest BCUT2D eigenvalue weighted by molar-refractivity contribution is -0.134. The van der Waals surface area contributed by atoms with Crippen LogP contribution in [0.25, 0.3) is 0 Å². The normalized spacial score (nSPS) is 21.3. The van der Waals surface area contributed by atoms with Gasteiger partial charge in [-0.1, -0.05) is 37.3 Å². The molecule has 1 saturated heterocycles. The van der Waals surface area contributed by atoms with Crippen LogP contribution in [0.4, 0.5) is 0 Å². The van der Waals surface area contributed by atoms with E-state index in [2.05, 4.69) is 29.7 Å². The first-order valence-electron chi connectivity index (χ1n) is 6.42. The molecule has 1 amide bonds. The van der Waals surface area contributed by atoms with E-state index in [4.69, 9.17) is 4.74 Å². The van der Waals surface area contributed by atoms with E-state index in [0.717, 1.165) is 6.54 Å². The van der Waals surface area contributed by atoms with Gasteiger partial charge in [0.15, 0.2) is 0 Å². The van der Waals surface area contributed by atoms with Crippen LogP contribution in [0.3, 0.4) is 0 Å². The van der Waals surface area contributed by atoms with Crippen molar-refractivity contribution < 1.29 is 9.53 Å². The topological polar surface area (TPSA) is 50.4 Å². The highest BCUT2D eigenvalue weighted by Crippen LogP contribution is 2.13. The first kappa shape index (κ1) is 13.1. The molecule has 1 aliphatic rings. The summed E-state index contributed by atoms with van der Waals surface area (Å²) in [4.78, 5) is 11.9. The number of nitrogens with one attached hydrogen (secondary N) is 2. The molecule has 0 radical (unpaired) electrons. The number of morpholine rings is 1. The molecule has 1 aliphatic heterocycles. The summed E-state index contributed by atoms with van der Waals surface area (Å²) in [6.45, 7) is 4.78. The van der Waals surface area contributed by atoms with Crippen LogP contribution < -0.4 is 10.6 Å². The minimum absolute atomic E-state index is 0.0232. The second-order valence-corrected chi connectivity index (χ2v) is 4.62. The van der Waals surface area contributed by atoms with Gasteiger partial charge in [-0.15, -0.1) is 0 Å². The SMILES string of the molecule is CC(CNC(=O)C1CNCCO1)c1ccccc1. The third-order valence-electron chi connectivity index (χ3n) is 3.17. The van der Waals surface area contributed by atoms with E-state index in [1.54, 1.807) is 0 Å². The van der Waals surface area contributed by atoms with Crippen molar-refractivity contribution in [3.05, 3.63) is 35.9 Å². The maximum absolute atomic E-state index is 11.9. The van der Waals surface area contributed by atoms with Gasteiger partial charge in [0.1, 0.15) is 6.10 Å². The fraction of sp³-hybridized carbons (Fsp3) is 0.500. The lowest BCUT2D eigenvalue weighted by atomic mass is 10.0. The molecule has 2 N–H and O–H groups in total. The first-order valence-corrected chi connectivity index (χ1v) is 6.42. The van der Waals surface area contributed by atoms with E-state index in [0.29, 0.717) is 25.6 Å². The Morgan fingerprint density at radius 2 is 2.28 bits per heavy atom. The third kappa shape index (κ3) is 3.55. The molecule has 4 heteroatoms. The zero-order valence-corrected chi connectivity index (χ0v) is 10.7. The van der Waals surface area contributed by atoms with Crippen LogP contribution in [-0.4, -0.2) is 38.3 Å². The van der Waals surface area contributed by atoms with Gasteiger partial charge in [-0.25, -0.2) is 0 Å². The molecule has 98 valence electrons. The average molecular weight is 248 g/mol. The van der Waals surface area contributed by atoms with Crippen molar-refractivity contribution in [2.24, 2.45) is 0 Å². The minimum atomic E-state index is -0.346. The predicted molar refractivity (Wildman–Crippen MR) is 70.5 cm³/mol. The van der Waals surface area contributed by atoms with Crippen molar-refractivity contribution in [1.82, 2.24) is 10.6 Å². The van der Waals surface area contributed by atoms with Crippen LogP contribution in [0, 0.1) is 0 Å². The molecule has 0 bridgehead atoms. The average Bonchev–Trinajstić information content (AvgIpc) is 2.46. The standard InChI is InChI=1S/C14H20N2O2/c1-11(12-5-3-2-4-6-12)9-16-14(17)13-10-15-7-8-18-13/h2-6,11,13,15H,7-10H2,1H3,(H,16,17). The Bertz CT molecular complexity index is 375. The van der Waals surface area contributed by atoms with Crippen molar-refractivity contribution in [3.63, 3.8) is 0 Å². The number of carbonyl (C=O) groups is 1. The lowest BCUT2D eigenvalue weighted by Gasteiger charge is -2.23. The van der Waals surface area contributed by atoms with Gasteiger partial charge in [0.25, 0.3) is 0 Å². The Balaban J connectivity index is 1.78. The van der Waals surface area contributed by atoms with E-state index >= 15 is 0 Å². The monoisotopic (exact) mass is 248 g/mol. The Labute approximate surface area is 108 Å². The fourth-order valence-corrected chi connectivity index (χ4v) is 2.00. The van der Waals surface area contributed by atoms with Gasteiger partial charge in [0.2, 0.25) is 5.91 Å². The summed E-state index contributed by atoms with van der Waals surface area (Å²) >= 11 is 0. The number of hydrogen-bond donors (Lipinski definition) is 2. The maximum atomic E-state index is 11.9. The van der Waals surface area contributed by atoms with E-state index in [1.165, 1.54) is 5.56 Å². The number of rotatable bonds is 4. The van der Waals surface area contributed by atoms with Gasteiger partial charge in [0.05, 0.1) is 6.61 Å². The van der Waals surface area contributed by atoms with Gasteiger partial charge < -0.3 is 15.4 Å². The highest BCUT2D eigenvalue weighted by atomic mass is 16.5. The van der Waals surface area contributed by atoms with Crippen LogP contribution in [0.1, 0.15) is 18.4 Å². The molecule has 0 aliphatic carbocycles. The largest absolute Gasteiger partial charge is 0.366 e. The van der Waals surface area contributed by atoms with Crippen molar-refractivity contribution in [2.75, 3.05) is 26.2 Å². The smallest absolute Gasteiger partial charge is 0.250 e. The van der Waals surface area contributed by atoms with Crippen molar-refractivity contribution in [3.8, 4) is 0 Å². The highest BCUT2D eigenvalue weighted by molar-refractivity contribution is 5.81. The quantitative estimate of drug-likeness (QED) is 0.832. The Morgan fingerprint density at radius 1 is 1.50 bits per heavy atom. The summed E-state index contributed by atoms with van der Waals surface area (Å²) in [5, 5.41) is 6.10. The zero-order valence-electron chi connectivity index (χ0n) is 10.7. The molecule has 1 aromatic rings. The molecular weight excluding hydrogens is 228 g/mol. The van der Waals surface area contributed by atoms with Crippen LogP contribution in [0.5, 0.6) is 0 Å². The Morgan fingerprint density at radius 3 is 2.94 bits per heavy atom. The molecular formula is C14H20N2O2. The second kappa shape index (κ2) is 6.52. The van der Waals surface area contributed by atoms with E-state index in [9.17, 15) is 4.79 Å². The van der Waals surface area contributed by atoms with E-state index in [1.807, 2.05) is 18.2 Å². The molecule has 2 atom stereocenters. The Hall–Kier alpha value is -1.39. The predicted octanol–water partition coefficient (Wildman–Crippen LogP) is 0.895. The molecule has 2 unspecified atom stereocenters. The minimum Gasteiger partial charge on any atom is -0.366 e. The molecule has 0 saturated carbocycles. The van der Waals surface area contributed by atoms with Crippen LogP contribution in [0.15, 0.2) is 30.3 Å². The molecule has 0 spiro atoms. The number of ether oxygens (including phenoxy) is 1. The third-order valence-corrected chi connectivity index (χ3v) is 3.17. The zero-order chi connectivity index (χ0) is 12.8. The number of amides is 1. The van der Waals surface area contributed by atoms with Crippen molar-refractivity contribution in [2.45, 2.75) is 18.9 Å². The summed E-state index contributed by atoms with van der Waals surface area (Å²) in [5.74, 6) is 0.289. The maximum Gasteiger partial charge on any atom is 0.250 e. The second-order valence-electron chi connectivity index (χ2n) is 4.62. The van der Waals surface area contributed by atoms with Crippen LogP contribution >= 0.6 is 0 Å². The van der Waals surface area contributed by atoms with Gasteiger partial charge in [-0.05, 0) is 11.5 Å². The van der Waals surface area contributed by atoms with Crippen LogP contribution in [-0.2, 0) is 9.53 Å². The van der Waals surface area contributed by atoms with E-state index < -0.39 is 0 Å². The number of benzene rings is 1. The summed E-state index contributed by atoms with van der Waals surface area (Å²) < 4.78 is 5.40. The van der Waals surface area contributed by atoms with Crippen molar-refractivity contribution in [1.29, 1.82) is 0 Å². The van der Waals surface area contributed by atoms with Gasteiger partial charge >= 0.3 is 0 Å². The molecule has 1 aromatic carbocycles. The molecule has 0 aromatic heterocycles. The molecule has 1 heterocycles. The van der Waals surface area contributed by atoms with Gasteiger partial charge in [-0.3, -0.25) is 4.79 Å². The van der Waals surface area contributed by atoms with Gasteiger partial charge in [-0.2, -0.15) is 0 Å². The molecule has 1 fully saturated rings. The number of hydrogen-bond acceptors (Lipinski definition) is 3. The highest BCUT2D eigenvalue weighted by Gasteiger charge is 2.21. The van der Waals surface area contributed by atoms with Gasteiger partial charge in [0, 0.05) is 19.6 Å². The Kier molecular flexibility index (Phi) is 4.73. The van der Waals surface area contributed by atoms with E-state index in [-0.39, 0.29) is 12.0 Å². The molecule has 18 heavy (non-hydrogen) atoms. The fourth-order valence-electron chi connectivity index (χ4n) is 2.00. The first-order chi connectivity index (χ1) is 8.77. The van der Waals surface area contributed by atoms with Crippen molar-refractivity contribution >= 4 is 5.91 Å². The number of carbonyl (C=O) groups excluding carboxylic acids is 1. The summed E-state index contributed by atoms with van der Waals surface area (Å²) in [7, 11) is 0.